The van der Waals surface area contributed by atoms with Crippen LogP contribution in [0.25, 0.3) is 0 Å². The van der Waals surface area contributed by atoms with Gasteiger partial charge in [0.2, 0.25) is 15.9 Å². The SMILES string of the molecule is COc1ccc(Cl)cc1N(CC(=O)Nc1cccc(N(C)S(C)(=O)=O)c1)S(=O)(=O)c1ccc(C)cc1. The van der Waals surface area contributed by atoms with Crippen LogP contribution in [-0.4, -0.2) is 49.7 Å². The van der Waals surface area contributed by atoms with Gasteiger partial charge in [-0.15, -0.1) is 0 Å². The smallest absolute Gasteiger partial charge is 0.264 e. The van der Waals surface area contributed by atoms with E-state index in [1.54, 1.807) is 36.4 Å². The normalized spacial score (nSPS) is 11.6. The van der Waals surface area contributed by atoms with Gasteiger partial charge in [0, 0.05) is 17.8 Å². The van der Waals surface area contributed by atoms with E-state index < -0.39 is 32.5 Å². The minimum atomic E-state index is -4.20. The number of amides is 1. The van der Waals surface area contributed by atoms with Gasteiger partial charge in [0.1, 0.15) is 12.3 Å². The van der Waals surface area contributed by atoms with E-state index in [-0.39, 0.29) is 21.4 Å². The van der Waals surface area contributed by atoms with Crippen LogP contribution in [0.3, 0.4) is 0 Å². The second-order valence-corrected chi connectivity index (χ2v) is 12.3. The number of halogens is 1. The van der Waals surface area contributed by atoms with Gasteiger partial charge in [-0.05, 0) is 55.5 Å². The summed E-state index contributed by atoms with van der Waals surface area (Å²) in [6.07, 6.45) is 1.06. The van der Waals surface area contributed by atoms with Crippen LogP contribution >= 0.6 is 11.6 Å². The number of sulfonamides is 2. The Morgan fingerprint density at radius 3 is 2.28 bits per heavy atom. The van der Waals surface area contributed by atoms with Gasteiger partial charge in [0.05, 0.1) is 29.6 Å². The quantitative estimate of drug-likeness (QED) is 0.432. The number of carbonyl (C=O) groups is 1. The molecular formula is C24H26ClN3O6S2. The first-order chi connectivity index (χ1) is 16.8. The van der Waals surface area contributed by atoms with Gasteiger partial charge >= 0.3 is 0 Å². The summed E-state index contributed by atoms with van der Waals surface area (Å²) >= 11 is 6.15. The van der Waals surface area contributed by atoms with Gasteiger partial charge in [-0.25, -0.2) is 16.8 Å². The van der Waals surface area contributed by atoms with Crippen molar-refractivity contribution in [2.45, 2.75) is 11.8 Å². The van der Waals surface area contributed by atoms with Crippen molar-refractivity contribution in [2.24, 2.45) is 0 Å². The highest BCUT2D eigenvalue weighted by Gasteiger charge is 2.30. The Morgan fingerprint density at radius 1 is 1.00 bits per heavy atom. The molecule has 0 spiro atoms. The first-order valence-electron chi connectivity index (χ1n) is 10.6. The molecule has 0 aromatic heterocycles. The van der Waals surface area contributed by atoms with Crippen LogP contribution in [-0.2, 0) is 24.8 Å². The zero-order valence-corrected chi connectivity index (χ0v) is 22.5. The van der Waals surface area contributed by atoms with Crippen molar-refractivity contribution < 1.29 is 26.4 Å². The fourth-order valence-corrected chi connectivity index (χ4v) is 5.38. The molecule has 0 unspecified atom stereocenters. The molecule has 0 radical (unpaired) electrons. The molecule has 3 aromatic carbocycles. The number of methoxy groups -OCH3 is 1. The summed E-state index contributed by atoms with van der Waals surface area (Å²) in [7, 11) is -4.95. The van der Waals surface area contributed by atoms with Crippen LogP contribution in [0.2, 0.25) is 5.02 Å². The molecule has 0 fully saturated rings. The lowest BCUT2D eigenvalue weighted by Crippen LogP contribution is -2.38. The fraction of sp³-hybridized carbons (Fsp3) is 0.208. The Labute approximate surface area is 216 Å². The van der Waals surface area contributed by atoms with Gasteiger partial charge in [0.25, 0.3) is 10.0 Å². The summed E-state index contributed by atoms with van der Waals surface area (Å²) in [5.41, 5.74) is 1.58. The van der Waals surface area contributed by atoms with E-state index >= 15 is 0 Å². The number of nitrogens with one attached hydrogen (secondary N) is 1. The van der Waals surface area contributed by atoms with Crippen molar-refractivity contribution in [3.63, 3.8) is 0 Å². The van der Waals surface area contributed by atoms with Crippen molar-refractivity contribution in [3.05, 3.63) is 77.3 Å². The number of ether oxygens (including phenoxy) is 1. The minimum absolute atomic E-state index is 0.0142. The maximum Gasteiger partial charge on any atom is 0.264 e. The summed E-state index contributed by atoms with van der Waals surface area (Å²) in [6, 6.07) is 16.9. The van der Waals surface area contributed by atoms with Crippen LogP contribution in [0.15, 0.2) is 71.6 Å². The summed E-state index contributed by atoms with van der Waals surface area (Å²) in [6.45, 7) is 1.23. The predicted octanol–water partition coefficient (Wildman–Crippen LogP) is 3.89. The molecule has 0 aliphatic heterocycles. The predicted molar refractivity (Wildman–Crippen MR) is 142 cm³/mol. The lowest BCUT2D eigenvalue weighted by molar-refractivity contribution is -0.114. The third kappa shape index (κ3) is 6.28. The molecule has 36 heavy (non-hydrogen) atoms. The second kappa shape index (κ2) is 10.8. The van der Waals surface area contributed by atoms with Crippen molar-refractivity contribution in [1.29, 1.82) is 0 Å². The van der Waals surface area contributed by atoms with Crippen molar-refractivity contribution in [2.75, 3.05) is 40.9 Å². The second-order valence-electron chi connectivity index (χ2n) is 7.97. The van der Waals surface area contributed by atoms with E-state index in [4.69, 9.17) is 16.3 Å². The lowest BCUT2D eigenvalue weighted by Gasteiger charge is -2.26. The Bertz CT molecular complexity index is 1480. The van der Waals surface area contributed by atoms with Crippen LogP contribution in [0.1, 0.15) is 5.56 Å². The molecular weight excluding hydrogens is 526 g/mol. The summed E-state index contributed by atoms with van der Waals surface area (Å²) in [4.78, 5) is 13.1. The van der Waals surface area contributed by atoms with E-state index in [1.165, 1.54) is 44.5 Å². The lowest BCUT2D eigenvalue weighted by atomic mass is 10.2. The molecule has 1 amide bonds. The number of anilines is 3. The van der Waals surface area contributed by atoms with E-state index in [9.17, 15) is 21.6 Å². The van der Waals surface area contributed by atoms with Crippen LogP contribution in [0, 0.1) is 6.92 Å². The highest BCUT2D eigenvalue weighted by molar-refractivity contribution is 7.93. The average Bonchev–Trinajstić information content (AvgIpc) is 2.81. The van der Waals surface area contributed by atoms with Crippen LogP contribution in [0.4, 0.5) is 17.1 Å². The van der Waals surface area contributed by atoms with E-state index in [0.717, 1.165) is 20.4 Å². The average molecular weight is 552 g/mol. The molecule has 12 heteroatoms. The van der Waals surface area contributed by atoms with Crippen LogP contribution < -0.4 is 18.7 Å². The number of hydrogen-bond donors (Lipinski definition) is 1. The summed E-state index contributed by atoms with van der Waals surface area (Å²) < 4.78 is 58.3. The van der Waals surface area contributed by atoms with Gasteiger partial charge < -0.3 is 10.1 Å². The maximum atomic E-state index is 13.6. The molecule has 0 saturated carbocycles. The Balaban J connectivity index is 1.99. The molecule has 0 bridgehead atoms. The van der Waals surface area contributed by atoms with Gasteiger partial charge in [-0.3, -0.25) is 13.4 Å². The Hall–Kier alpha value is -3.28. The van der Waals surface area contributed by atoms with E-state index in [2.05, 4.69) is 5.32 Å². The number of aryl methyl sites for hydroxylation is 1. The third-order valence-electron chi connectivity index (χ3n) is 5.30. The highest BCUT2D eigenvalue weighted by atomic mass is 35.5. The van der Waals surface area contributed by atoms with E-state index in [1.807, 2.05) is 6.92 Å². The number of carbonyl (C=O) groups excluding carboxylic acids is 1. The van der Waals surface area contributed by atoms with Gasteiger partial charge in [-0.2, -0.15) is 0 Å². The summed E-state index contributed by atoms with van der Waals surface area (Å²) in [5, 5.41) is 2.89. The Morgan fingerprint density at radius 2 is 1.67 bits per heavy atom. The molecule has 0 aliphatic rings. The molecule has 0 heterocycles. The third-order valence-corrected chi connectivity index (χ3v) is 8.51. The zero-order valence-electron chi connectivity index (χ0n) is 20.1. The molecule has 0 atom stereocenters. The highest BCUT2D eigenvalue weighted by Crippen LogP contribution is 2.35. The molecule has 3 aromatic rings. The first-order valence-corrected chi connectivity index (χ1v) is 14.3. The molecule has 1 N–H and O–H groups in total. The molecule has 0 aliphatic carbocycles. The molecule has 3 rings (SSSR count). The molecule has 192 valence electrons. The fourth-order valence-electron chi connectivity index (χ4n) is 3.30. The number of benzene rings is 3. The largest absolute Gasteiger partial charge is 0.495 e. The van der Waals surface area contributed by atoms with Crippen molar-refractivity contribution >= 4 is 54.6 Å². The van der Waals surface area contributed by atoms with E-state index in [0.29, 0.717) is 11.4 Å². The minimum Gasteiger partial charge on any atom is -0.495 e. The maximum absolute atomic E-state index is 13.6. The number of rotatable bonds is 9. The van der Waals surface area contributed by atoms with Gasteiger partial charge in [-0.1, -0.05) is 35.4 Å². The van der Waals surface area contributed by atoms with Gasteiger partial charge in [0.15, 0.2) is 0 Å². The monoisotopic (exact) mass is 551 g/mol. The summed E-state index contributed by atoms with van der Waals surface area (Å²) in [5.74, 6) is -0.452. The van der Waals surface area contributed by atoms with Crippen molar-refractivity contribution in [3.8, 4) is 5.75 Å². The van der Waals surface area contributed by atoms with Crippen molar-refractivity contribution in [1.82, 2.24) is 0 Å². The first kappa shape index (κ1) is 27.3. The van der Waals surface area contributed by atoms with Crippen LogP contribution in [0.5, 0.6) is 5.75 Å². The standard InChI is InChI=1S/C24H26ClN3O6S2/c1-17-8-11-21(12-9-17)36(32,33)28(22-14-18(25)10-13-23(22)34-3)16-24(29)26-19-6-5-7-20(15-19)27(2)35(4,30)31/h5-15H,16H2,1-4H3,(H,26,29). The Kier molecular flexibility index (Phi) is 8.17. The number of nitrogens with zero attached hydrogens (tertiary/aromatic N) is 2. The number of hydrogen-bond acceptors (Lipinski definition) is 6. The zero-order chi connectivity index (χ0) is 26.7. The molecule has 0 saturated heterocycles. The topological polar surface area (TPSA) is 113 Å². The molecule has 9 nitrogen and oxygen atoms in total.